The van der Waals surface area contributed by atoms with Crippen LogP contribution in [0, 0.1) is 0 Å². The van der Waals surface area contributed by atoms with E-state index in [4.69, 9.17) is 14.6 Å². The first kappa shape index (κ1) is 8.87. The molecule has 0 radical (unpaired) electrons. The first-order valence-corrected chi connectivity index (χ1v) is 4.33. The highest BCUT2D eigenvalue weighted by atomic mass is 16.6. The van der Waals surface area contributed by atoms with Gasteiger partial charge in [-0.05, 0) is 19.1 Å². The topological polar surface area (TPSA) is 55.8 Å². The SMILES string of the molecule is C[C@H]1Oc2ccccc2O[C@H]1C(=O)O. The van der Waals surface area contributed by atoms with Crippen LogP contribution in [0.4, 0.5) is 0 Å². The van der Waals surface area contributed by atoms with E-state index in [9.17, 15) is 4.79 Å². The molecule has 2 rings (SSSR count). The van der Waals surface area contributed by atoms with Crippen LogP contribution in [0.3, 0.4) is 0 Å². The second-order valence-corrected chi connectivity index (χ2v) is 3.15. The molecule has 4 nitrogen and oxygen atoms in total. The second kappa shape index (κ2) is 3.21. The summed E-state index contributed by atoms with van der Waals surface area (Å²) in [4.78, 5) is 10.8. The lowest BCUT2D eigenvalue weighted by Crippen LogP contribution is -2.43. The van der Waals surface area contributed by atoms with Gasteiger partial charge in [-0.3, -0.25) is 0 Å². The predicted octanol–water partition coefficient (Wildman–Crippen LogP) is 1.30. The third kappa shape index (κ3) is 1.39. The summed E-state index contributed by atoms with van der Waals surface area (Å²) in [6.45, 7) is 1.68. The van der Waals surface area contributed by atoms with Gasteiger partial charge in [-0.15, -0.1) is 0 Å². The van der Waals surface area contributed by atoms with Gasteiger partial charge in [-0.1, -0.05) is 12.1 Å². The van der Waals surface area contributed by atoms with E-state index in [1.807, 2.05) is 6.07 Å². The molecular weight excluding hydrogens is 184 g/mol. The predicted molar refractivity (Wildman–Crippen MR) is 48.6 cm³/mol. The fourth-order valence-electron chi connectivity index (χ4n) is 1.39. The van der Waals surface area contributed by atoms with Gasteiger partial charge in [0.2, 0.25) is 6.10 Å². The molecule has 0 unspecified atom stereocenters. The number of rotatable bonds is 1. The summed E-state index contributed by atoms with van der Waals surface area (Å²) in [5.41, 5.74) is 0. The molecule has 0 amide bonds. The number of benzene rings is 1. The monoisotopic (exact) mass is 194 g/mol. The van der Waals surface area contributed by atoms with Crippen LogP contribution in [0.5, 0.6) is 11.5 Å². The number of carboxylic acid groups (broad SMARTS) is 1. The Balaban J connectivity index is 2.31. The van der Waals surface area contributed by atoms with Crippen LogP contribution in [0.1, 0.15) is 6.92 Å². The fourth-order valence-corrected chi connectivity index (χ4v) is 1.39. The second-order valence-electron chi connectivity index (χ2n) is 3.15. The molecule has 0 bridgehead atoms. The highest BCUT2D eigenvalue weighted by Crippen LogP contribution is 2.33. The van der Waals surface area contributed by atoms with Gasteiger partial charge in [0.25, 0.3) is 0 Å². The van der Waals surface area contributed by atoms with E-state index in [2.05, 4.69) is 0 Å². The zero-order chi connectivity index (χ0) is 10.1. The zero-order valence-electron chi connectivity index (χ0n) is 7.64. The molecule has 1 aromatic rings. The zero-order valence-corrected chi connectivity index (χ0v) is 7.64. The van der Waals surface area contributed by atoms with Crippen molar-refractivity contribution in [3.8, 4) is 11.5 Å². The van der Waals surface area contributed by atoms with Crippen LogP contribution < -0.4 is 9.47 Å². The van der Waals surface area contributed by atoms with E-state index < -0.39 is 18.2 Å². The Morgan fingerprint density at radius 3 is 2.43 bits per heavy atom. The average Bonchev–Trinajstić information content (AvgIpc) is 2.16. The van der Waals surface area contributed by atoms with Gasteiger partial charge >= 0.3 is 5.97 Å². The van der Waals surface area contributed by atoms with Gasteiger partial charge < -0.3 is 14.6 Å². The van der Waals surface area contributed by atoms with Crippen LogP contribution in [0.2, 0.25) is 0 Å². The number of ether oxygens (including phenoxy) is 2. The summed E-state index contributed by atoms with van der Waals surface area (Å²) < 4.78 is 10.7. The van der Waals surface area contributed by atoms with E-state index in [1.54, 1.807) is 25.1 Å². The molecule has 14 heavy (non-hydrogen) atoms. The van der Waals surface area contributed by atoms with E-state index in [0.29, 0.717) is 11.5 Å². The van der Waals surface area contributed by atoms with E-state index >= 15 is 0 Å². The third-order valence-electron chi connectivity index (χ3n) is 2.09. The average molecular weight is 194 g/mol. The molecule has 2 atom stereocenters. The fraction of sp³-hybridized carbons (Fsp3) is 0.300. The van der Waals surface area contributed by atoms with Gasteiger partial charge in [-0.25, -0.2) is 4.79 Å². The lowest BCUT2D eigenvalue weighted by Gasteiger charge is -2.29. The normalized spacial score (nSPS) is 24.4. The van der Waals surface area contributed by atoms with Crippen LogP contribution >= 0.6 is 0 Å². The minimum absolute atomic E-state index is 0.470. The molecule has 0 spiro atoms. The molecule has 0 saturated carbocycles. The number of aliphatic carboxylic acids is 1. The van der Waals surface area contributed by atoms with Crippen molar-refractivity contribution in [3.63, 3.8) is 0 Å². The first-order valence-electron chi connectivity index (χ1n) is 4.33. The molecule has 1 aliphatic rings. The molecule has 0 saturated heterocycles. The number of carbonyl (C=O) groups is 1. The number of carboxylic acids is 1. The van der Waals surface area contributed by atoms with Crippen molar-refractivity contribution >= 4 is 5.97 Å². The Kier molecular flexibility index (Phi) is 2.04. The maximum atomic E-state index is 10.8. The standard InChI is InChI=1S/C10H10O4/c1-6-9(10(11)12)14-8-5-3-2-4-7(8)13-6/h2-6,9H,1H3,(H,11,12)/t6-,9-/m1/s1. The van der Waals surface area contributed by atoms with Crippen molar-refractivity contribution in [1.29, 1.82) is 0 Å². The maximum absolute atomic E-state index is 10.8. The minimum atomic E-state index is -1.01. The molecule has 0 aliphatic carbocycles. The quantitative estimate of drug-likeness (QED) is 0.732. The van der Waals surface area contributed by atoms with Gasteiger partial charge in [0.15, 0.2) is 11.5 Å². The summed E-state index contributed by atoms with van der Waals surface area (Å²) in [5, 5.41) is 8.83. The Labute approximate surface area is 81.1 Å². The summed E-state index contributed by atoms with van der Waals surface area (Å²) >= 11 is 0. The van der Waals surface area contributed by atoms with E-state index in [0.717, 1.165) is 0 Å². The number of hydrogen-bond acceptors (Lipinski definition) is 3. The third-order valence-corrected chi connectivity index (χ3v) is 2.09. The number of hydrogen-bond donors (Lipinski definition) is 1. The van der Waals surface area contributed by atoms with Crippen LogP contribution in [0.15, 0.2) is 24.3 Å². The molecular formula is C10H10O4. The molecule has 0 aromatic heterocycles. The smallest absolute Gasteiger partial charge is 0.348 e. The van der Waals surface area contributed by atoms with Crippen molar-refractivity contribution < 1.29 is 19.4 Å². The lowest BCUT2D eigenvalue weighted by atomic mass is 10.2. The van der Waals surface area contributed by atoms with Crippen molar-refractivity contribution in [3.05, 3.63) is 24.3 Å². The van der Waals surface area contributed by atoms with Gasteiger partial charge in [0, 0.05) is 0 Å². The Morgan fingerprint density at radius 1 is 1.29 bits per heavy atom. The van der Waals surface area contributed by atoms with Gasteiger partial charge in [0.05, 0.1) is 0 Å². The molecule has 1 N–H and O–H groups in total. The molecule has 1 aliphatic heterocycles. The molecule has 0 fully saturated rings. The summed E-state index contributed by atoms with van der Waals surface area (Å²) in [6.07, 6.45) is -1.40. The van der Waals surface area contributed by atoms with Gasteiger partial charge in [0.1, 0.15) is 6.10 Å². The van der Waals surface area contributed by atoms with Crippen LogP contribution in [-0.4, -0.2) is 23.3 Å². The maximum Gasteiger partial charge on any atom is 0.348 e. The van der Waals surface area contributed by atoms with Crippen LogP contribution in [-0.2, 0) is 4.79 Å². The number of fused-ring (bicyclic) bond motifs is 1. The lowest BCUT2D eigenvalue weighted by molar-refractivity contribution is -0.150. The van der Waals surface area contributed by atoms with E-state index in [-0.39, 0.29) is 0 Å². The Morgan fingerprint density at radius 2 is 1.86 bits per heavy atom. The van der Waals surface area contributed by atoms with Gasteiger partial charge in [-0.2, -0.15) is 0 Å². The van der Waals surface area contributed by atoms with Crippen molar-refractivity contribution in [2.24, 2.45) is 0 Å². The minimum Gasteiger partial charge on any atom is -0.482 e. The summed E-state index contributed by atoms with van der Waals surface area (Å²) in [6, 6.07) is 7.04. The summed E-state index contributed by atoms with van der Waals surface area (Å²) in [5.74, 6) is 0.0718. The van der Waals surface area contributed by atoms with Crippen molar-refractivity contribution in [2.75, 3.05) is 0 Å². The van der Waals surface area contributed by atoms with Crippen molar-refractivity contribution in [1.82, 2.24) is 0 Å². The molecule has 4 heteroatoms. The highest BCUT2D eigenvalue weighted by molar-refractivity contribution is 5.74. The first-order chi connectivity index (χ1) is 6.68. The van der Waals surface area contributed by atoms with Crippen LogP contribution in [0.25, 0.3) is 0 Å². The number of para-hydroxylation sites is 2. The molecule has 1 aromatic carbocycles. The highest BCUT2D eigenvalue weighted by Gasteiger charge is 2.33. The largest absolute Gasteiger partial charge is 0.482 e. The molecule has 1 heterocycles. The Bertz CT molecular complexity index is 361. The van der Waals surface area contributed by atoms with Crippen molar-refractivity contribution in [2.45, 2.75) is 19.1 Å². The Hall–Kier alpha value is -1.71. The summed E-state index contributed by atoms with van der Waals surface area (Å²) in [7, 11) is 0. The van der Waals surface area contributed by atoms with E-state index in [1.165, 1.54) is 0 Å². The molecule has 74 valence electrons.